The second-order valence-electron chi connectivity index (χ2n) is 3.39. The summed E-state index contributed by atoms with van der Waals surface area (Å²) in [5, 5.41) is 5.87. The van der Waals surface area contributed by atoms with Crippen LogP contribution in [0.5, 0.6) is 0 Å². The fourth-order valence-electron chi connectivity index (χ4n) is 1.30. The molecule has 0 aliphatic carbocycles. The van der Waals surface area contributed by atoms with Gasteiger partial charge in [-0.25, -0.2) is 9.37 Å². The molecule has 2 rings (SSSR count). The van der Waals surface area contributed by atoms with Gasteiger partial charge < -0.3 is 10.6 Å². The van der Waals surface area contributed by atoms with Crippen LogP contribution in [-0.2, 0) is 0 Å². The topological polar surface area (TPSA) is 49.8 Å². The van der Waals surface area contributed by atoms with Gasteiger partial charge in [-0.1, -0.05) is 0 Å². The first-order valence-corrected chi connectivity index (χ1v) is 6.61. The van der Waals surface area contributed by atoms with Gasteiger partial charge in [-0.15, -0.1) is 0 Å². The van der Waals surface area contributed by atoms with E-state index in [4.69, 9.17) is 0 Å². The van der Waals surface area contributed by atoms with Crippen LogP contribution < -0.4 is 10.6 Å². The molecule has 0 atom stereocenters. The zero-order valence-electron chi connectivity index (χ0n) is 9.34. The van der Waals surface area contributed by atoms with E-state index in [0.717, 1.165) is 4.47 Å². The van der Waals surface area contributed by atoms with E-state index in [2.05, 4.69) is 52.5 Å². The molecular weight excluding hydrogens is 367 g/mol. The molecule has 0 amide bonds. The average molecular weight is 376 g/mol. The Kier molecular flexibility index (Phi) is 4.13. The van der Waals surface area contributed by atoms with Crippen molar-refractivity contribution in [1.82, 2.24) is 9.97 Å². The third-order valence-corrected chi connectivity index (χ3v) is 3.42. The lowest BCUT2D eigenvalue weighted by atomic mass is 10.3. The summed E-state index contributed by atoms with van der Waals surface area (Å²) in [6, 6.07) is 4.40. The summed E-state index contributed by atoms with van der Waals surface area (Å²) in [4.78, 5) is 8.28. The van der Waals surface area contributed by atoms with E-state index in [-0.39, 0.29) is 5.82 Å². The van der Waals surface area contributed by atoms with Crippen molar-refractivity contribution in [3.05, 3.63) is 39.2 Å². The Labute approximate surface area is 120 Å². The smallest absolute Gasteiger partial charge is 0.224 e. The van der Waals surface area contributed by atoms with Crippen molar-refractivity contribution in [2.24, 2.45) is 0 Å². The van der Waals surface area contributed by atoms with E-state index in [1.165, 1.54) is 12.1 Å². The van der Waals surface area contributed by atoms with Crippen molar-refractivity contribution >= 4 is 49.3 Å². The van der Waals surface area contributed by atoms with Gasteiger partial charge in [-0.05, 0) is 50.1 Å². The summed E-state index contributed by atoms with van der Waals surface area (Å²) >= 11 is 6.68. The van der Waals surface area contributed by atoms with Crippen LogP contribution in [-0.4, -0.2) is 17.0 Å². The van der Waals surface area contributed by atoms with Gasteiger partial charge in [0.2, 0.25) is 5.95 Å². The summed E-state index contributed by atoms with van der Waals surface area (Å²) in [5.41, 5.74) is 0.594. The van der Waals surface area contributed by atoms with E-state index < -0.39 is 0 Å². The van der Waals surface area contributed by atoms with Crippen molar-refractivity contribution in [3.63, 3.8) is 0 Å². The Morgan fingerprint density at radius 3 is 2.72 bits per heavy atom. The predicted molar refractivity (Wildman–Crippen MR) is 76.7 cm³/mol. The van der Waals surface area contributed by atoms with E-state index in [1.807, 2.05) is 0 Å². The number of aromatic nitrogens is 2. The van der Waals surface area contributed by atoms with Crippen LogP contribution in [0, 0.1) is 5.82 Å². The number of hydrogen-bond donors (Lipinski definition) is 2. The standard InChI is InChI=1S/C11H9Br2FN4/c1-15-11-16-5-8(13)10(18-11)17-9-4-6(14)2-3-7(9)12/h2-5H,1H3,(H2,15,16,17,18). The second kappa shape index (κ2) is 5.62. The van der Waals surface area contributed by atoms with E-state index in [1.54, 1.807) is 19.3 Å². The summed E-state index contributed by atoms with van der Waals surface area (Å²) < 4.78 is 14.6. The maximum absolute atomic E-state index is 13.2. The summed E-state index contributed by atoms with van der Waals surface area (Å²) in [5.74, 6) is 0.716. The molecule has 0 spiro atoms. The zero-order valence-corrected chi connectivity index (χ0v) is 12.5. The molecule has 0 fully saturated rings. The molecule has 2 aromatic rings. The van der Waals surface area contributed by atoms with Crippen LogP contribution in [0.15, 0.2) is 33.3 Å². The third-order valence-electron chi connectivity index (χ3n) is 2.15. The van der Waals surface area contributed by atoms with Crippen LogP contribution in [0.4, 0.5) is 21.8 Å². The van der Waals surface area contributed by atoms with Gasteiger partial charge >= 0.3 is 0 Å². The molecule has 0 saturated carbocycles. The number of rotatable bonds is 3. The fourth-order valence-corrected chi connectivity index (χ4v) is 1.93. The highest BCUT2D eigenvalue weighted by Crippen LogP contribution is 2.29. The van der Waals surface area contributed by atoms with E-state index in [0.29, 0.717) is 21.9 Å². The number of nitrogens with zero attached hydrogens (tertiary/aromatic N) is 2. The fraction of sp³-hybridized carbons (Fsp3) is 0.0909. The van der Waals surface area contributed by atoms with E-state index in [9.17, 15) is 4.39 Å². The second-order valence-corrected chi connectivity index (χ2v) is 5.10. The Morgan fingerprint density at radius 1 is 1.22 bits per heavy atom. The molecule has 1 heterocycles. The minimum Gasteiger partial charge on any atom is -0.357 e. The number of anilines is 3. The van der Waals surface area contributed by atoms with Crippen molar-refractivity contribution in [2.75, 3.05) is 17.7 Å². The number of nitrogens with one attached hydrogen (secondary N) is 2. The highest BCUT2D eigenvalue weighted by molar-refractivity contribution is 9.11. The largest absolute Gasteiger partial charge is 0.357 e. The van der Waals surface area contributed by atoms with E-state index >= 15 is 0 Å². The van der Waals surface area contributed by atoms with Gasteiger partial charge in [-0.3, -0.25) is 0 Å². The van der Waals surface area contributed by atoms with Crippen molar-refractivity contribution in [3.8, 4) is 0 Å². The Morgan fingerprint density at radius 2 is 2.00 bits per heavy atom. The maximum atomic E-state index is 13.2. The minimum atomic E-state index is -0.320. The SMILES string of the molecule is CNc1ncc(Br)c(Nc2cc(F)ccc2Br)n1. The molecule has 0 saturated heterocycles. The zero-order chi connectivity index (χ0) is 13.1. The monoisotopic (exact) mass is 374 g/mol. The first-order chi connectivity index (χ1) is 8.60. The van der Waals surface area contributed by atoms with Gasteiger partial charge in [0.25, 0.3) is 0 Å². The molecule has 0 aliphatic rings. The Balaban J connectivity index is 2.36. The third kappa shape index (κ3) is 2.97. The molecule has 0 unspecified atom stereocenters. The maximum Gasteiger partial charge on any atom is 0.224 e. The molecule has 4 nitrogen and oxygen atoms in total. The van der Waals surface area contributed by atoms with Crippen LogP contribution >= 0.6 is 31.9 Å². The number of hydrogen-bond acceptors (Lipinski definition) is 4. The Hall–Kier alpha value is -1.21. The molecule has 1 aromatic heterocycles. The molecule has 94 valence electrons. The van der Waals surface area contributed by atoms with Crippen molar-refractivity contribution < 1.29 is 4.39 Å². The molecule has 7 heteroatoms. The highest BCUT2D eigenvalue weighted by Gasteiger charge is 2.07. The van der Waals surface area contributed by atoms with Crippen molar-refractivity contribution in [1.29, 1.82) is 0 Å². The molecular formula is C11H9Br2FN4. The van der Waals surface area contributed by atoms with Crippen LogP contribution in [0.3, 0.4) is 0 Å². The highest BCUT2D eigenvalue weighted by atomic mass is 79.9. The average Bonchev–Trinajstić information content (AvgIpc) is 2.36. The lowest BCUT2D eigenvalue weighted by Crippen LogP contribution is -2.01. The molecule has 0 aliphatic heterocycles. The van der Waals surface area contributed by atoms with Gasteiger partial charge in [0, 0.05) is 17.7 Å². The first-order valence-electron chi connectivity index (χ1n) is 5.02. The molecule has 18 heavy (non-hydrogen) atoms. The Bertz CT molecular complexity index is 577. The summed E-state index contributed by atoms with van der Waals surface area (Å²) in [6.07, 6.45) is 1.62. The van der Waals surface area contributed by atoms with Gasteiger partial charge in [-0.2, -0.15) is 4.98 Å². The van der Waals surface area contributed by atoms with Crippen molar-refractivity contribution in [2.45, 2.75) is 0 Å². The number of benzene rings is 1. The lowest BCUT2D eigenvalue weighted by Gasteiger charge is -2.10. The molecule has 0 bridgehead atoms. The predicted octanol–water partition coefficient (Wildman–Crippen LogP) is 3.93. The van der Waals surface area contributed by atoms with Gasteiger partial charge in [0.1, 0.15) is 11.6 Å². The molecule has 2 N–H and O–H groups in total. The van der Waals surface area contributed by atoms with Crippen LogP contribution in [0.25, 0.3) is 0 Å². The van der Waals surface area contributed by atoms with Gasteiger partial charge in [0.15, 0.2) is 0 Å². The normalized spacial score (nSPS) is 10.2. The summed E-state index contributed by atoms with van der Waals surface area (Å²) in [6.45, 7) is 0. The molecule has 0 radical (unpaired) electrons. The van der Waals surface area contributed by atoms with Gasteiger partial charge in [0.05, 0.1) is 10.2 Å². The van der Waals surface area contributed by atoms with Crippen LogP contribution in [0.1, 0.15) is 0 Å². The quantitative estimate of drug-likeness (QED) is 0.853. The lowest BCUT2D eigenvalue weighted by molar-refractivity contribution is 0.628. The minimum absolute atomic E-state index is 0.320. The summed E-state index contributed by atoms with van der Waals surface area (Å²) in [7, 11) is 1.73. The van der Waals surface area contributed by atoms with Crippen LogP contribution in [0.2, 0.25) is 0 Å². The molecule has 1 aromatic carbocycles. The number of halogens is 3. The first kappa shape index (κ1) is 13.2.